The smallest absolute Gasteiger partial charge is 0.264 e. The normalized spacial score (nSPS) is 11.1. The predicted molar refractivity (Wildman–Crippen MR) is 81.9 cm³/mol. The maximum absolute atomic E-state index is 12.2. The van der Waals surface area contributed by atoms with Crippen LogP contribution in [0.2, 0.25) is 0 Å². The minimum Gasteiger partial charge on any atom is -0.383 e. The third-order valence-corrected chi connectivity index (χ3v) is 3.87. The second-order valence-electron chi connectivity index (χ2n) is 5.08. The monoisotopic (exact) mass is 324 g/mol. The van der Waals surface area contributed by atoms with Gasteiger partial charge in [-0.2, -0.15) is 0 Å². The van der Waals surface area contributed by atoms with Gasteiger partial charge in [0.15, 0.2) is 0 Å². The molecule has 120 valence electrons. The third-order valence-electron chi connectivity index (χ3n) is 3.13. The second-order valence-corrected chi connectivity index (χ2v) is 5.84. The molecular weight excluding hydrogens is 304 g/mol. The SMILES string of the molecule is COCCn1cnnc1CCNC(=O)c1snnc1C(C)C. The minimum absolute atomic E-state index is 0.137. The number of nitrogens with one attached hydrogen (secondary N) is 1. The molecule has 1 N–H and O–H groups in total. The molecule has 8 nitrogen and oxygen atoms in total. The lowest BCUT2D eigenvalue weighted by Crippen LogP contribution is -2.27. The summed E-state index contributed by atoms with van der Waals surface area (Å²) in [5, 5.41) is 14.8. The van der Waals surface area contributed by atoms with Gasteiger partial charge >= 0.3 is 0 Å². The highest BCUT2D eigenvalue weighted by Gasteiger charge is 2.18. The zero-order valence-electron chi connectivity index (χ0n) is 12.9. The van der Waals surface area contributed by atoms with Gasteiger partial charge in [0.05, 0.1) is 12.3 Å². The number of carbonyl (C=O) groups is 1. The number of methoxy groups -OCH3 is 1. The molecule has 0 radical (unpaired) electrons. The Balaban J connectivity index is 1.87. The fourth-order valence-corrected chi connectivity index (χ4v) is 2.69. The van der Waals surface area contributed by atoms with Crippen LogP contribution in [-0.2, 0) is 17.7 Å². The van der Waals surface area contributed by atoms with Crippen molar-refractivity contribution < 1.29 is 9.53 Å². The van der Waals surface area contributed by atoms with Crippen molar-refractivity contribution in [3.8, 4) is 0 Å². The Hall–Kier alpha value is -1.87. The summed E-state index contributed by atoms with van der Waals surface area (Å²) in [6, 6.07) is 0. The zero-order chi connectivity index (χ0) is 15.9. The lowest BCUT2D eigenvalue weighted by molar-refractivity contribution is 0.0956. The van der Waals surface area contributed by atoms with Gasteiger partial charge in [0.1, 0.15) is 17.0 Å². The van der Waals surface area contributed by atoms with Gasteiger partial charge in [-0.1, -0.05) is 18.3 Å². The number of hydrogen-bond acceptors (Lipinski definition) is 7. The van der Waals surface area contributed by atoms with E-state index in [-0.39, 0.29) is 11.8 Å². The molecule has 1 amide bonds. The topological polar surface area (TPSA) is 94.8 Å². The molecule has 0 fully saturated rings. The van der Waals surface area contributed by atoms with Crippen LogP contribution >= 0.6 is 11.5 Å². The molecule has 0 aromatic carbocycles. The van der Waals surface area contributed by atoms with Crippen molar-refractivity contribution in [2.75, 3.05) is 20.3 Å². The maximum atomic E-state index is 12.2. The first kappa shape index (κ1) is 16.5. The average Bonchev–Trinajstić information content (AvgIpc) is 3.14. The number of rotatable bonds is 8. The Bertz CT molecular complexity index is 609. The molecule has 2 rings (SSSR count). The molecular formula is C13H20N6O2S. The van der Waals surface area contributed by atoms with Crippen molar-refractivity contribution >= 4 is 17.4 Å². The molecule has 0 atom stereocenters. The first-order valence-corrected chi connectivity index (χ1v) is 7.87. The van der Waals surface area contributed by atoms with E-state index in [4.69, 9.17) is 4.74 Å². The van der Waals surface area contributed by atoms with Gasteiger partial charge in [-0.05, 0) is 17.5 Å². The van der Waals surface area contributed by atoms with Crippen molar-refractivity contribution in [2.24, 2.45) is 0 Å². The van der Waals surface area contributed by atoms with E-state index in [0.717, 1.165) is 23.1 Å². The van der Waals surface area contributed by atoms with Crippen LogP contribution in [0, 0.1) is 0 Å². The van der Waals surface area contributed by atoms with E-state index in [9.17, 15) is 4.79 Å². The quantitative estimate of drug-likeness (QED) is 0.774. The van der Waals surface area contributed by atoms with Crippen molar-refractivity contribution in [1.82, 2.24) is 29.7 Å². The molecule has 0 unspecified atom stereocenters. The maximum Gasteiger partial charge on any atom is 0.264 e. The standard InChI is InChI=1S/C13H20N6O2S/c1-9(2)11-12(22-18-17-11)13(20)14-5-4-10-16-15-8-19(10)6-7-21-3/h8-9H,4-7H2,1-3H3,(H,14,20). The molecule has 0 aliphatic carbocycles. The van der Waals surface area contributed by atoms with Gasteiger partial charge < -0.3 is 14.6 Å². The van der Waals surface area contributed by atoms with Crippen molar-refractivity contribution in [3.63, 3.8) is 0 Å². The molecule has 0 bridgehead atoms. The molecule has 0 aliphatic rings. The summed E-state index contributed by atoms with van der Waals surface area (Å²) in [5.74, 6) is 0.863. The first-order chi connectivity index (χ1) is 10.6. The van der Waals surface area contributed by atoms with E-state index < -0.39 is 0 Å². The Morgan fingerprint density at radius 1 is 1.45 bits per heavy atom. The number of amides is 1. The Morgan fingerprint density at radius 3 is 3.00 bits per heavy atom. The van der Waals surface area contributed by atoms with Crippen molar-refractivity contribution in [3.05, 3.63) is 22.7 Å². The van der Waals surface area contributed by atoms with Gasteiger partial charge in [-0.25, -0.2) is 0 Å². The van der Waals surface area contributed by atoms with Crippen LogP contribution in [-0.4, -0.2) is 50.5 Å². The van der Waals surface area contributed by atoms with E-state index in [1.54, 1.807) is 13.4 Å². The molecule has 9 heteroatoms. The fourth-order valence-electron chi connectivity index (χ4n) is 1.95. The van der Waals surface area contributed by atoms with Crippen LogP contribution in [0.4, 0.5) is 0 Å². The molecule has 0 saturated heterocycles. The highest BCUT2D eigenvalue weighted by Crippen LogP contribution is 2.19. The molecule has 2 aromatic heterocycles. The van der Waals surface area contributed by atoms with E-state index >= 15 is 0 Å². The Morgan fingerprint density at radius 2 is 2.27 bits per heavy atom. The molecule has 0 saturated carbocycles. The average molecular weight is 324 g/mol. The summed E-state index contributed by atoms with van der Waals surface area (Å²) < 4.78 is 10.8. The summed E-state index contributed by atoms with van der Waals surface area (Å²) in [4.78, 5) is 12.8. The lowest BCUT2D eigenvalue weighted by atomic mass is 10.1. The molecule has 0 spiro atoms. The first-order valence-electron chi connectivity index (χ1n) is 7.09. The predicted octanol–water partition coefficient (Wildman–Crippen LogP) is 0.872. The number of hydrogen-bond donors (Lipinski definition) is 1. The summed E-state index contributed by atoms with van der Waals surface area (Å²) >= 11 is 1.13. The molecule has 2 aromatic rings. The van der Waals surface area contributed by atoms with Crippen molar-refractivity contribution in [1.29, 1.82) is 0 Å². The second kappa shape index (κ2) is 7.95. The van der Waals surface area contributed by atoms with Crippen LogP contribution in [0.3, 0.4) is 0 Å². The van der Waals surface area contributed by atoms with Gasteiger partial charge in [0, 0.05) is 26.6 Å². The van der Waals surface area contributed by atoms with Crippen LogP contribution in [0.25, 0.3) is 0 Å². The highest BCUT2D eigenvalue weighted by atomic mass is 32.1. The summed E-state index contributed by atoms with van der Waals surface area (Å²) in [5.41, 5.74) is 0.741. The van der Waals surface area contributed by atoms with Crippen LogP contribution in [0.15, 0.2) is 6.33 Å². The largest absolute Gasteiger partial charge is 0.383 e. The highest BCUT2D eigenvalue weighted by molar-refractivity contribution is 7.08. The van der Waals surface area contributed by atoms with E-state index in [1.165, 1.54) is 0 Å². The molecule has 0 aliphatic heterocycles. The Kier molecular flexibility index (Phi) is 5.96. The fraction of sp³-hybridized carbons (Fsp3) is 0.615. The molecule has 22 heavy (non-hydrogen) atoms. The number of aromatic nitrogens is 5. The van der Waals surface area contributed by atoms with Crippen LogP contribution < -0.4 is 5.32 Å². The molecule has 2 heterocycles. The van der Waals surface area contributed by atoms with Gasteiger partial charge in [-0.3, -0.25) is 4.79 Å². The van der Waals surface area contributed by atoms with Crippen molar-refractivity contribution in [2.45, 2.75) is 32.7 Å². The van der Waals surface area contributed by atoms with Gasteiger partial charge in [0.25, 0.3) is 5.91 Å². The zero-order valence-corrected chi connectivity index (χ0v) is 13.8. The summed E-state index contributed by atoms with van der Waals surface area (Å²) in [6.45, 7) is 5.77. The summed E-state index contributed by atoms with van der Waals surface area (Å²) in [6.07, 6.45) is 2.28. The number of carbonyl (C=O) groups excluding carboxylic acids is 1. The minimum atomic E-state index is -0.137. The summed E-state index contributed by atoms with van der Waals surface area (Å²) in [7, 11) is 1.65. The number of ether oxygens (including phenoxy) is 1. The van der Waals surface area contributed by atoms with Gasteiger partial charge in [-0.15, -0.1) is 15.3 Å². The van der Waals surface area contributed by atoms with Gasteiger partial charge in [0.2, 0.25) is 0 Å². The lowest BCUT2D eigenvalue weighted by Gasteiger charge is -2.07. The van der Waals surface area contributed by atoms with Crippen LogP contribution in [0.1, 0.15) is 41.0 Å². The van der Waals surface area contributed by atoms with Crippen LogP contribution in [0.5, 0.6) is 0 Å². The third kappa shape index (κ3) is 4.08. The van der Waals surface area contributed by atoms with E-state index in [0.29, 0.717) is 31.0 Å². The Labute approximate surface area is 133 Å². The van der Waals surface area contributed by atoms with E-state index in [1.807, 2.05) is 18.4 Å². The number of nitrogens with zero attached hydrogens (tertiary/aromatic N) is 5. The van der Waals surface area contributed by atoms with E-state index in [2.05, 4.69) is 25.1 Å².